The van der Waals surface area contributed by atoms with E-state index in [0.717, 1.165) is 0 Å². The zero-order valence-electron chi connectivity index (χ0n) is 4.56. The zero-order chi connectivity index (χ0) is 4.99. The quantitative estimate of drug-likeness (QED) is 0.466. The van der Waals surface area contributed by atoms with Gasteiger partial charge in [0, 0.05) is 32.7 Å². The summed E-state index contributed by atoms with van der Waals surface area (Å²) in [4.78, 5) is 9.38. The largest absolute Gasteiger partial charge is 0.528 e. The van der Waals surface area contributed by atoms with Crippen LogP contribution in [0.15, 0.2) is 0 Å². The number of amides is 1. The molecule has 0 aliphatic heterocycles. The standard InChI is InChI=1S/C4H8NO.Y/c1-4(2)5-3-6;/h4H,1-2H3,(H,5,6);/q-1;. The van der Waals surface area contributed by atoms with Crippen molar-refractivity contribution < 1.29 is 37.5 Å². The van der Waals surface area contributed by atoms with Crippen molar-refractivity contribution in [1.29, 1.82) is 0 Å². The summed E-state index contributed by atoms with van der Waals surface area (Å²) in [5.41, 5.74) is 0. The van der Waals surface area contributed by atoms with Crippen LogP contribution < -0.4 is 5.32 Å². The molecule has 0 aliphatic carbocycles. The van der Waals surface area contributed by atoms with Crippen LogP contribution in [-0.2, 0) is 37.5 Å². The molecule has 1 radical (unpaired) electrons. The second kappa shape index (κ2) is 6.57. The van der Waals surface area contributed by atoms with E-state index < -0.39 is 0 Å². The number of carbonyl (C=O) groups excluding carboxylic acids is 1. The molecule has 0 fully saturated rings. The van der Waals surface area contributed by atoms with Gasteiger partial charge in [-0.05, 0) is 19.9 Å². The van der Waals surface area contributed by atoms with Crippen molar-refractivity contribution >= 4 is 6.41 Å². The summed E-state index contributed by atoms with van der Waals surface area (Å²) >= 11 is 0. The smallest absolute Gasteiger partial charge is 0 e. The molecule has 1 N–H and O–H groups in total. The Kier molecular flexibility index (Phi) is 9.89. The Hall–Kier alpha value is 0.574. The summed E-state index contributed by atoms with van der Waals surface area (Å²) in [7, 11) is 0. The monoisotopic (exact) mass is 175 g/mol. The summed E-state index contributed by atoms with van der Waals surface area (Å²) in [6, 6.07) is 0.225. The first-order chi connectivity index (χ1) is 2.77. The summed E-state index contributed by atoms with van der Waals surface area (Å²) in [5, 5.41) is 2.40. The van der Waals surface area contributed by atoms with Crippen LogP contribution in [0.5, 0.6) is 0 Å². The molecule has 0 bridgehead atoms. The van der Waals surface area contributed by atoms with Crippen molar-refractivity contribution in [3.05, 3.63) is 0 Å². The van der Waals surface area contributed by atoms with Gasteiger partial charge in [-0.1, -0.05) is 0 Å². The summed E-state index contributed by atoms with van der Waals surface area (Å²) in [6.07, 6.45) is 1.57. The van der Waals surface area contributed by atoms with Crippen LogP contribution in [0.3, 0.4) is 0 Å². The van der Waals surface area contributed by atoms with Crippen LogP contribution in [0.25, 0.3) is 0 Å². The van der Waals surface area contributed by atoms with Crippen LogP contribution in [0.4, 0.5) is 0 Å². The summed E-state index contributed by atoms with van der Waals surface area (Å²) in [5.74, 6) is 0. The van der Waals surface area contributed by atoms with Crippen molar-refractivity contribution in [2.45, 2.75) is 19.9 Å². The first-order valence-corrected chi connectivity index (χ1v) is 1.90. The van der Waals surface area contributed by atoms with E-state index in [-0.39, 0.29) is 38.8 Å². The number of nitrogens with one attached hydrogen (secondary N) is 1. The Labute approximate surface area is 68.9 Å². The Balaban J connectivity index is 0. The molecule has 3 heteroatoms. The summed E-state index contributed by atoms with van der Waals surface area (Å²) in [6.45, 7) is 3.76. The third kappa shape index (κ3) is 10.8. The molecule has 39 valence electrons. The van der Waals surface area contributed by atoms with Gasteiger partial charge >= 0.3 is 0 Å². The predicted molar refractivity (Wildman–Crippen MR) is 24.0 cm³/mol. The van der Waals surface area contributed by atoms with E-state index >= 15 is 0 Å². The average molecular weight is 175 g/mol. The molecular formula is C4H8NOY-. The molecular weight excluding hydrogens is 167 g/mol. The summed E-state index contributed by atoms with van der Waals surface area (Å²) < 4.78 is 0. The van der Waals surface area contributed by atoms with Crippen LogP contribution in [0, 0.1) is 0 Å². The molecule has 0 aromatic heterocycles. The van der Waals surface area contributed by atoms with Gasteiger partial charge in [-0.15, -0.1) is 0 Å². The average Bonchev–Trinajstić information content (AvgIpc) is 1.35. The molecule has 0 atom stereocenters. The number of hydrogen-bond donors (Lipinski definition) is 1. The van der Waals surface area contributed by atoms with E-state index in [0.29, 0.717) is 0 Å². The molecule has 0 spiro atoms. The minimum Gasteiger partial charge on any atom is -0.528 e. The molecule has 0 aliphatic rings. The minimum absolute atomic E-state index is 0. The fourth-order valence-electron chi connectivity index (χ4n) is 0.118. The Morgan fingerprint density at radius 3 is 2.00 bits per heavy atom. The third-order valence-electron chi connectivity index (χ3n) is 0.348. The van der Waals surface area contributed by atoms with Gasteiger partial charge in [0.2, 0.25) is 0 Å². The van der Waals surface area contributed by atoms with E-state index in [1.807, 2.05) is 13.8 Å². The van der Waals surface area contributed by atoms with Gasteiger partial charge in [0.1, 0.15) is 0 Å². The maximum absolute atomic E-state index is 9.38. The van der Waals surface area contributed by atoms with Gasteiger partial charge in [-0.25, -0.2) is 0 Å². The fourth-order valence-corrected chi connectivity index (χ4v) is 0.118. The first kappa shape index (κ1) is 10.5. The fraction of sp³-hybridized carbons (Fsp3) is 0.750. The molecule has 7 heavy (non-hydrogen) atoms. The van der Waals surface area contributed by atoms with Gasteiger partial charge in [0.15, 0.2) is 0 Å². The van der Waals surface area contributed by atoms with Crippen LogP contribution in [0.1, 0.15) is 13.8 Å². The molecule has 0 saturated heterocycles. The van der Waals surface area contributed by atoms with Gasteiger partial charge in [0.05, 0.1) is 0 Å². The van der Waals surface area contributed by atoms with Crippen LogP contribution >= 0.6 is 0 Å². The second-order valence-electron chi connectivity index (χ2n) is 1.40. The Morgan fingerprint density at radius 1 is 1.57 bits per heavy atom. The van der Waals surface area contributed by atoms with E-state index in [2.05, 4.69) is 5.32 Å². The first-order valence-electron chi connectivity index (χ1n) is 1.90. The number of rotatable bonds is 2. The molecule has 0 aromatic carbocycles. The van der Waals surface area contributed by atoms with E-state index in [4.69, 9.17) is 0 Å². The normalized spacial score (nSPS) is 7.29. The SMILES string of the molecule is CC(C)N[C-]=O.[Y]. The van der Waals surface area contributed by atoms with E-state index in [9.17, 15) is 4.79 Å². The van der Waals surface area contributed by atoms with Crippen LogP contribution in [0.2, 0.25) is 0 Å². The zero-order valence-corrected chi connectivity index (χ0v) is 7.40. The second-order valence-corrected chi connectivity index (χ2v) is 1.40. The van der Waals surface area contributed by atoms with Crippen molar-refractivity contribution in [2.75, 3.05) is 0 Å². The van der Waals surface area contributed by atoms with Gasteiger partial charge < -0.3 is 10.1 Å². The molecule has 1 amide bonds. The molecule has 0 heterocycles. The van der Waals surface area contributed by atoms with E-state index in [1.54, 1.807) is 6.41 Å². The molecule has 0 saturated carbocycles. The van der Waals surface area contributed by atoms with Gasteiger partial charge in [-0.2, -0.15) is 6.41 Å². The van der Waals surface area contributed by atoms with Crippen molar-refractivity contribution in [2.24, 2.45) is 0 Å². The van der Waals surface area contributed by atoms with Crippen LogP contribution in [-0.4, -0.2) is 12.5 Å². The molecule has 0 aromatic rings. The van der Waals surface area contributed by atoms with Crippen molar-refractivity contribution in [1.82, 2.24) is 5.32 Å². The van der Waals surface area contributed by atoms with Gasteiger partial charge in [0.25, 0.3) is 0 Å². The maximum Gasteiger partial charge on any atom is 0 e. The van der Waals surface area contributed by atoms with Crippen molar-refractivity contribution in [3.8, 4) is 0 Å². The van der Waals surface area contributed by atoms with E-state index in [1.165, 1.54) is 0 Å². The number of hydrogen-bond acceptors (Lipinski definition) is 1. The third-order valence-corrected chi connectivity index (χ3v) is 0.348. The molecule has 0 rings (SSSR count). The Morgan fingerprint density at radius 2 is 2.00 bits per heavy atom. The predicted octanol–water partition coefficient (Wildman–Crippen LogP) is 0.0491. The Bertz CT molecular complexity index is 47.0. The maximum atomic E-state index is 9.38. The molecule has 2 nitrogen and oxygen atoms in total. The topological polar surface area (TPSA) is 29.1 Å². The van der Waals surface area contributed by atoms with Gasteiger partial charge in [-0.3, -0.25) is 0 Å². The molecule has 0 unspecified atom stereocenters. The van der Waals surface area contributed by atoms with Crippen molar-refractivity contribution in [3.63, 3.8) is 0 Å². The minimum atomic E-state index is 0.